The lowest BCUT2D eigenvalue weighted by Crippen LogP contribution is -2.54. The van der Waals surface area contributed by atoms with Gasteiger partial charge in [0.05, 0.1) is 41.7 Å². The Morgan fingerprint density at radius 1 is 0.540 bits per heavy atom. The van der Waals surface area contributed by atoms with Crippen LogP contribution < -0.4 is 53.6 Å². The molecule has 4 fully saturated rings. The topological polar surface area (TPSA) is 271 Å². The molecule has 2 aliphatic heterocycles. The van der Waals surface area contributed by atoms with E-state index in [9.17, 15) is 38.4 Å². The van der Waals surface area contributed by atoms with Gasteiger partial charge in [0, 0.05) is 76.7 Å². The van der Waals surface area contributed by atoms with Crippen molar-refractivity contribution in [3.63, 3.8) is 0 Å². The molecule has 8 amide bonds. The average molecular weight is 887 g/mol. The molecule has 0 aromatic rings. The Balaban J connectivity index is 1.30. The SMILES string of the molecule is CC(=O)NC1CCCC1C(=O)N[C@H](CC(=O)NC1CCCC1C(=O)NC[C@H](CC(C)C)C(=O)NC1CNCC1C(=O)NC1CNCC1C(=O)N[C@H](CC(N)=O)CC(C)C)CC(C)C. The number of carbonyl (C=O) groups is 8. The third-order valence-electron chi connectivity index (χ3n) is 12.9. The minimum Gasteiger partial charge on any atom is -0.370 e. The van der Waals surface area contributed by atoms with Gasteiger partial charge in [0.1, 0.15) is 0 Å². The van der Waals surface area contributed by atoms with Crippen LogP contribution in [0.1, 0.15) is 119 Å². The van der Waals surface area contributed by atoms with Crippen LogP contribution in [0.5, 0.6) is 0 Å². The molecule has 4 rings (SSSR count). The van der Waals surface area contributed by atoms with Crippen LogP contribution >= 0.6 is 0 Å². The average Bonchev–Trinajstić information content (AvgIpc) is 4.00. The summed E-state index contributed by atoms with van der Waals surface area (Å²) in [5.41, 5.74) is 5.44. The van der Waals surface area contributed by atoms with Crippen molar-refractivity contribution in [1.29, 1.82) is 0 Å². The summed E-state index contributed by atoms with van der Waals surface area (Å²) in [5.74, 6) is -4.01. The van der Waals surface area contributed by atoms with Gasteiger partial charge in [-0.05, 0) is 62.7 Å². The van der Waals surface area contributed by atoms with E-state index >= 15 is 0 Å². The van der Waals surface area contributed by atoms with Crippen molar-refractivity contribution in [2.24, 2.45) is 53.1 Å². The molecule has 2 saturated heterocycles. The maximum Gasteiger partial charge on any atom is 0.226 e. The summed E-state index contributed by atoms with van der Waals surface area (Å²) in [5, 5.41) is 27.6. The summed E-state index contributed by atoms with van der Waals surface area (Å²) >= 11 is 0. The number of nitrogens with one attached hydrogen (secondary N) is 9. The zero-order valence-electron chi connectivity index (χ0n) is 38.7. The zero-order chi connectivity index (χ0) is 46.4. The summed E-state index contributed by atoms with van der Waals surface area (Å²) in [4.78, 5) is 105. The Morgan fingerprint density at radius 3 is 1.57 bits per heavy atom. The van der Waals surface area contributed by atoms with Crippen LogP contribution in [0, 0.1) is 47.3 Å². The summed E-state index contributed by atoms with van der Waals surface area (Å²) < 4.78 is 0. The number of primary amides is 1. The number of amides is 8. The summed E-state index contributed by atoms with van der Waals surface area (Å²) in [6, 6.07) is -2.39. The summed E-state index contributed by atoms with van der Waals surface area (Å²) in [6.45, 7) is 15.1. The van der Waals surface area contributed by atoms with Gasteiger partial charge in [0.25, 0.3) is 0 Å². The van der Waals surface area contributed by atoms with Crippen molar-refractivity contribution in [1.82, 2.24) is 47.9 Å². The lowest BCUT2D eigenvalue weighted by atomic mass is 9.93. The second-order valence-corrected chi connectivity index (χ2v) is 19.9. The second-order valence-electron chi connectivity index (χ2n) is 19.9. The van der Waals surface area contributed by atoms with Gasteiger partial charge in [-0.15, -0.1) is 0 Å². The molecule has 0 aromatic heterocycles. The molecule has 0 radical (unpaired) electrons. The molecule has 2 heterocycles. The van der Waals surface area contributed by atoms with Gasteiger partial charge in [0.2, 0.25) is 47.3 Å². The lowest BCUT2D eigenvalue weighted by Gasteiger charge is -2.28. The molecule has 0 aromatic carbocycles. The van der Waals surface area contributed by atoms with E-state index in [2.05, 4.69) is 47.9 Å². The number of hydrogen-bond acceptors (Lipinski definition) is 10. The van der Waals surface area contributed by atoms with E-state index in [0.717, 1.165) is 19.3 Å². The van der Waals surface area contributed by atoms with E-state index in [-0.39, 0.29) is 96.5 Å². The monoisotopic (exact) mass is 887 g/mol. The van der Waals surface area contributed by atoms with Gasteiger partial charge in [-0.25, -0.2) is 0 Å². The van der Waals surface area contributed by atoms with E-state index in [1.165, 1.54) is 6.92 Å². The van der Waals surface area contributed by atoms with Gasteiger partial charge in [-0.3, -0.25) is 38.4 Å². The first-order valence-electron chi connectivity index (χ1n) is 23.6. The van der Waals surface area contributed by atoms with Crippen LogP contribution in [0.4, 0.5) is 0 Å². The van der Waals surface area contributed by atoms with Crippen LogP contribution in [-0.4, -0.2) is 116 Å². The lowest BCUT2D eigenvalue weighted by molar-refractivity contribution is -0.130. The Labute approximate surface area is 373 Å². The number of hydrogen-bond donors (Lipinski definition) is 10. The third kappa shape index (κ3) is 16.3. The van der Waals surface area contributed by atoms with Crippen molar-refractivity contribution in [3.05, 3.63) is 0 Å². The largest absolute Gasteiger partial charge is 0.370 e. The Kier molecular flexibility index (Phi) is 20.1. The highest BCUT2D eigenvalue weighted by molar-refractivity contribution is 5.87. The summed E-state index contributed by atoms with van der Waals surface area (Å²) in [6.07, 6.45) is 6.04. The molecule has 0 bridgehead atoms. The van der Waals surface area contributed by atoms with E-state index in [4.69, 9.17) is 5.73 Å². The zero-order valence-corrected chi connectivity index (χ0v) is 38.7. The van der Waals surface area contributed by atoms with E-state index in [0.29, 0.717) is 64.7 Å². The molecule has 18 heteroatoms. The number of nitrogens with two attached hydrogens (primary N) is 1. The van der Waals surface area contributed by atoms with Gasteiger partial charge < -0.3 is 53.6 Å². The van der Waals surface area contributed by atoms with Crippen molar-refractivity contribution in [2.45, 2.75) is 155 Å². The Hall–Kier alpha value is -4.32. The van der Waals surface area contributed by atoms with Crippen LogP contribution in [0.3, 0.4) is 0 Å². The van der Waals surface area contributed by atoms with Crippen molar-refractivity contribution >= 4 is 47.3 Å². The first-order valence-corrected chi connectivity index (χ1v) is 23.6. The molecular formula is C45H78N10O8. The maximum absolute atomic E-state index is 13.9. The van der Waals surface area contributed by atoms with Crippen molar-refractivity contribution < 1.29 is 38.4 Å². The molecule has 356 valence electrons. The smallest absolute Gasteiger partial charge is 0.226 e. The highest BCUT2D eigenvalue weighted by atomic mass is 16.2. The van der Waals surface area contributed by atoms with E-state index in [1.54, 1.807) is 0 Å². The Bertz CT molecular complexity index is 1610. The predicted octanol–water partition coefficient (Wildman–Crippen LogP) is 0.0903. The highest BCUT2D eigenvalue weighted by Gasteiger charge is 2.41. The Morgan fingerprint density at radius 2 is 1.03 bits per heavy atom. The van der Waals surface area contributed by atoms with Crippen molar-refractivity contribution in [2.75, 3.05) is 32.7 Å². The van der Waals surface area contributed by atoms with Gasteiger partial charge >= 0.3 is 0 Å². The normalized spacial score (nSPS) is 27.1. The molecule has 8 unspecified atom stereocenters. The molecular weight excluding hydrogens is 809 g/mol. The first kappa shape index (κ1) is 51.3. The fourth-order valence-corrected chi connectivity index (χ4v) is 10.0. The predicted molar refractivity (Wildman–Crippen MR) is 238 cm³/mol. The minimum absolute atomic E-state index is 0.0324. The number of rotatable bonds is 23. The van der Waals surface area contributed by atoms with Crippen LogP contribution in [0.15, 0.2) is 0 Å². The van der Waals surface area contributed by atoms with Crippen LogP contribution in [-0.2, 0) is 38.4 Å². The van der Waals surface area contributed by atoms with Crippen molar-refractivity contribution in [3.8, 4) is 0 Å². The highest BCUT2D eigenvalue weighted by Crippen LogP contribution is 2.28. The quantitative estimate of drug-likeness (QED) is 0.0661. The van der Waals surface area contributed by atoms with Gasteiger partial charge in [-0.2, -0.15) is 0 Å². The molecule has 63 heavy (non-hydrogen) atoms. The van der Waals surface area contributed by atoms with Gasteiger partial charge in [0.15, 0.2) is 0 Å². The fraction of sp³-hybridized carbons (Fsp3) is 0.822. The van der Waals surface area contributed by atoms with Crippen LogP contribution in [0.2, 0.25) is 0 Å². The summed E-state index contributed by atoms with van der Waals surface area (Å²) in [7, 11) is 0. The van der Waals surface area contributed by atoms with E-state index in [1.807, 2.05) is 41.5 Å². The molecule has 11 N–H and O–H groups in total. The van der Waals surface area contributed by atoms with Crippen LogP contribution in [0.25, 0.3) is 0 Å². The maximum atomic E-state index is 13.9. The second kappa shape index (κ2) is 24.7. The third-order valence-corrected chi connectivity index (χ3v) is 12.9. The fourth-order valence-electron chi connectivity index (χ4n) is 10.0. The molecule has 0 spiro atoms. The standard InChI is InChI=1S/C45H78N10O8/c1-24(2)14-28(41(59)54-37-22-48-21-34(37)45(63)55-38-23-47-20-33(38)44(62)51-29(15-25(3)4)17-39(46)57)19-49-42(60)31-10-8-13-36(31)53-40(58)18-30(16-26(5)6)52-43(61)32-11-9-12-35(32)50-27(7)56/h24-26,28-38,47-48H,8-23H2,1-7H3,(H2,46,57)(H,49,60)(H,50,56)(H,51,62)(H,52,61)(H,53,58)(H,54,59)(H,55,63)/t28-,29-,30-,31?,32?,33?,34?,35?,36?,37?,38?/m0/s1. The molecule has 18 nitrogen and oxygen atoms in total. The molecule has 2 saturated carbocycles. The molecule has 11 atom stereocenters. The minimum atomic E-state index is -0.587. The van der Waals surface area contributed by atoms with Gasteiger partial charge in [-0.1, -0.05) is 54.4 Å². The molecule has 2 aliphatic carbocycles. The van der Waals surface area contributed by atoms with E-state index < -0.39 is 53.7 Å². The first-order chi connectivity index (χ1) is 29.8. The molecule has 4 aliphatic rings. The number of carbonyl (C=O) groups excluding carboxylic acids is 8.